The van der Waals surface area contributed by atoms with Gasteiger partial charge in [0.1, 0.15) is 30.9 Å². The second-order valence-electron chi connectivity index (χ2n) is 7.65. The van der Waals surface area contributed by atoms with E-state index in [1.807, 2.05) is 24.3 Å². The van der Waals surface area contributed by atoms with Crippen molar-refractivity contribution in [3.8, 4) is 17.2 Å². The highest BCUT2D eigenvalue weighted by molar-refractivity contribution is 5.76. The first-order chi connectivity index (χ1) is 13.6. The molecule has 5 nitrogen and oxygen atoms in total. The van der Waals surface area contributed by atoms with Gasteiger partial charge in [0, 0.05) is 19.4 Å². The monoisotopic (exact) mass is 381 g/mol. The summed E-state index contributed by atoms with van der Waals surface area (Å²) in [5.74, 6) is 3.00. The molecule has 2 atom stereocenters. The molecule has 4 rings (SSSR count). The zero-order valence-corrected chi connectivity index (χ0v) is 16.5. The second kappa shape index (κ2) is 8.13. The van der Waals surface area contributed by atoms with Crippen LogP contribution in [0.2, 0.25) is 0 Å². The van der Waals surface area contributed by atoms with E-state index in [4.69, 9.17) is 14.2 Å². The summed E-state index contributed by atoms with van der Waals surface area (Å²) in [4.78, 5) is 13.6. The van der Waals surface area contributed by atoms with Gasteiger partial charge in [0.25, 0.3) is 0 Å². The Morgan fingerprint density at radius 2 is 1.96 bits per heavy atom. The lowest BCUT2D eigenvalue weighted by atomic mass is 9.96. The van der Waals surface area contributed by atoms with E-state index in [0.29, 0.717) is 19.6 Å². The summed E-state index contributed by atoms with van der Waals surface area (Å²) in [5, 5.41) is 0. The number of para-hydroxylation sites is 1. The van der Waals surface area contributed by atoms with Crippen LogP contribution in [-0.2, 0) is 4.79 Å². The van der Waals surface area contributed by atoms with Gasteiger partial charge in [-0.05, 0) is 42.7 Å². The van der Waals surface area contributed by atoms with E-state index in [-0.39, 0.29) is 17.8 Å². The smallest absolute Gasteiger partial charge is 0.184 e. The molecule has 0 N–H and O–H groups in total. The summed E-state index contributed by atoms with van der Waals surface area (Å²) < 4.78 is 17.8. The first kappa shape index (κ1) is 18.7. The minimum absolute atomic E-state index is 0.140. The maximum absolute atomic E-state index is 11.3. The lowest BCUT2D eigenvalue weighted by Gasteiger charge is -2.26. The number of rotatable bonds is 6. The summed E-state index contributed by atoms with van der Waals surface area (Å²) in [5.41, 5.74) is 2.25. The van der Waals surface area contributed by atoms with Crippen molar-refractivity contribution >= 4 is 11.5 Å². The number of Topliss-reactive ketones (excluding diaryl/α,β-unsaturated/α-hetero) is 1. The number of ketones is 1. The van der Waals surface area contributed by atoms with Crippen molar-refractivity contribution in [2.75, 3.05) is 31.2 Å². The molecule has 28 heavy (non-hydrogen) atoms. The summed E-state index contributed by atoms with van der Waals surface area (Å²) >= 11 is 0. The quantitative estimate of drug-likeness (QED) is 0.751. The summed E-state index contributed by atoms with van der Waals surface area (Å²) in [6.07, 6.45) is 1.68. The summed E-state index contributed by atoms with van der Waals surface area (Å²) in [6.45, 7) is 6.66. The Morgan fingerprint density at radius 1 is 1.18 bits per heavy atom. The molecule has 0 spiro atoms. The van der Waals surface area contributed by atoms with E-state index in [9.17, 15) is 4.79 Å². The van der Waals surface area contributed by atoms with Crippen LogP contribution in [0, 0.1) is 0 Å². The Hall–Kier alpha value is -2.69. The van der Waals surface area contributed by atoms with Crippen molar-refractivity contribution in [3.63, 3.8) is 0 Å². The molecule has 1 fully saturated rings. The van der Waals surface area contributed by atoms with Crippen molar-refractivity contribution in [1.29, 1.82) is 0 Å². The molecular weight excluding hydrogens is 354 g/mol. The number of fused-ring (bicyclic) bond motifs is 1. The SMILES string of the molecule is CC(=O)C[C@@H](C)c1ccc(OC2CCN(c3cccc4c3OCCO4)C2)cc1. The molecule has 2 aromatic rings. The molecule has 0 bridgehead atoms. The van der Waals surface area contributed by atoms with Gasteiger partial charge in [-0.25, -0.2) is 0 Å². The Labute approximate surface area is 166 Å². The van der Waals surface area contributed by atoms with Crippen molar-refractivity contribution in [2.24, 2.45) is 0 Å². The van der Waals surface area contributed by atoms with E-state index in [0.717, 1.165) is 42.4 Å². The van der Waals surface area contributed by atoms with Crippen LogP contribution in [0.15, 0.2) is 42.5 Å². The second-order valence-corrected chi connectivity index (χ2v) is 7.65. The third-order valence-corrected chi connectivity index (χ3v) is 5.38. The van der Waals surface area contributed by atoms with E-state index in [1.54, 1.807) is 6.92 Å². The predicted octanol–water partition coefficient (Wildman–Crippen LogP) is 4.20. The predicted molar refractivity (Wildman–Crippen MR) is 109 cm³/mol. The molecule has 5 heteroatoms. The van der Waals surface area contributed by atoms with Gasteiger partial charge in [-0.15, -0.1) is 0 Å². The molecule has 2 aliphatic rings. The Morgan fingerprint density at radius 3 is 2.75 bits per heavy atom. The molecular formula is C23H27NO4. The van der Waals surface area contributed by atoms with Crippen LogP contribution < -0.4 is 19.1 Å². The Kier molecular flexibility index (Phi) is 5.42. The number of hydrogen-bond donors (Lipinski definition) is 0. The standard InChI is InChI=1S/C23H27NO4/c1-16(14-17(2)25)18-6-8-19(9-7-18)28-20-10-11-24(15-20)21-4-3-5-22-23(21)27-13-12-26-22/h3-9,16,20H,10-15H2,1-2H3/t16-,20?/m1/s1. The Balaban J connectivity index is 1.38. The van der Waals surface area contributed by atoms with Crippen LogP contribution in [0.3, 0.4) is 0 Å². The lowest BCUT2D eigenvalue weighted by molar-refractivity contribution is -0.117. The highest BCUT2D eigenvalue weighted by Gasteiger charge is 2.28. The van der Waals surface area contributed by atoms with Crippen molar-refractivity contribution in [3.05, 3.63) is 48.0 Å². The van der Waals surface area contributed by atoms with E-state index < -0.39 is 0 Å². The molecule has 0 amide bonds. The van der Waals surface area contributed by atoms with Crippen molar-refractivity contribution in [2.45, 2.75) is 38.7 Å². The number of carbonyl (C=O) groups excluding carboxylic acids is 1. The van der Waals surface area contributed by atoms with E-state index in [2.05, 4.69) is 30.0 Å². The van der Waals surface area contributed by atoms with Crippen LogP contribution in [0.25, 0.3) is 0 Å². The average Bonchev–Trinajstić information content (AvgIpc) is 3.16. The van der Waals surface area contributed by atoms with E-state index >= 15 is 0 Å². The number of hydrogen-bond acceptors (Lipinski definition) is 5. The van der Waals surface area contributed by atoms with Gasteiger partial charge in [-0.1, -0.05) is 25.1 Å². The molecule has 0 aromatic heterocycles. The topological polar surface area (TPSA) is 48.0 Å². The molecule has 0 aliphatic carbocycles. The average molecular weight is 381 g/mol. The van der Waals surface area contributed by atoms with Crippen LogP contribution in [0.4, 0.5) is 5.69 Å². The largest absolute Gasteiger partial charge is 0.489 e. The van der Waals surface area contributed by atoms with E-state index in [1.165, 1.54) is 5.56 Å². The van der Waals surface area contributed by atoms with Gasteiger partial charge in [0.15, 0.2) is 11.5 Å². The third kappa shape index (κ3) is 4.08. The number of benzene rings is 2. The van der Waals surface area contributed by atoms with Crippen LogP contribution in [0.5, 0.6) is 17.2 Å². The fourth-order valence-corrected chi connectivity index (χ4v) is 3.97. The number of carbonyl (C=O) groups is 1. The zero-order valence-electron chi connectivity index (χ0n) is 16.5. The zero-order chi connectivity index (χ0) is 19.5. The highest BCUT2D eigenvalue weighted by Crippen LogP contribution is 2.40. The van der Waals surface area contributed by atoms with Crippen LogP contribution >= 0.6 is 0 Å². The minimum Gasteiger partial charge on any atom is -0.489 e. The highest BCUT2D eigenvalue weighted by atomic mass is 16.6. The fourth-order valence-electron chi connectivity index (χ4n) is 3.97. The lowest BCUT2D eigenvalue weighted by Crippen LogP contribution is -2.26. The molecule has 2 heterocycles. The maximum Gasteiger partial charge on any atom is 0.184 e. The molecule has 0 saturated carbocycles. The van der Waals surface area contributed by atoms with Gasteiger partial charge in [0.2, 0.25) is 0 Å². The number of anilines is 1. The molecule has 148 valence electrons. The van der Waals surface area contributed by atoms with Gasteiger partial charge in [0.05, 0.1) is 12.2 Å². The normalized spacial score (nSPS) is 19.4. The number of nitrogens with zero attached hydrogens (tertiary/aromatic N) is 1. The Bertz CT molecular complexity index is 833. The first-order valence-electron chi connectivity index (χ1n) is 10.00. The summed E-state index contributed by atoms with van der Waals surface area (Å²) in [7, 11) is 0. The summed E-state index contributed by atoms with van der Waals surface area (Å²) in [6, 6.07) is 14.2. The van der Waals surface area contributed by atoms with Gasteiger partial charge in [-0.3, -0.25) is 0 Å². The first-order valence-corrected chi connectivity index (χ1v) is 10.00. The van der Waals surface area contributed by atoms with Crippen molar-refractivity contribution in [1.82, 2.24) is 0 Å². The van der Waals surface area contributed by atoms with Gasteiger partial charge in [-0.2, -0.15) is 0 Å². The molecule has 0 radical (unpaired) electrons. The molecule has 1 unspecified atom stereocenters. The maximum atomic E-state index is 11.3. The minimum atomic E-state index is 0.140. The van der Waals surface area contributed by atoms with Crippen molar-refractivity contribution < 1.29 is 19.0 Å². The van der Waals surface area contributed by atoms with Gasteiger partial charge >= 0.3 is 0 Å². The van der Waals surface area contributed by atoms with Crippen LogP contribution in [0.1, 0.15) is 38.2 Å². The molecule has 2 aliphatic heterocycles. The molecule has 1 saturated heterocycles. The van der Waals surface area contributed by atoms with Crippen LogP contribution in [-0.4, -0.2) is 38.2 Å². The molecule has 2 aromatic carbocycles. The third-order valence-electron chi connectivity index (χ3n) is 5.38. The van der Waals surface area contributed by atoms with Gasteiger partial charge < -0.3 is 23.9 Å². The fraction of sp³-hybridized carbons (Fsp3) is 0.435. The number of ether oxygens (including phenoxy) is 3.